The molecule has 5 nitrogen and oxygen atoms in total. The van der Waals surface area contributed by atoms with Gasteiger partial charge in [-0.3, -0.25) is 0 Å². The number of ether oxygens (including phenoxy) is 1. The molecule has 3 N–H and O–H groups in total. The van der Waals surface area contributed by atoms with Crippen LogP contribution in [-0.4, -0.2) is 29.2 Å². The van der Waals surface area contributed by atoms with Gasteiger partial charge in [0.15, 0.2) is 5.82 Å². The molecule has 0 aliphatic heterocycles. The van der Waals surface area contributed by atoms with Crippen molar-refractivity contribution in [3.8, 4) is 6.01 Å². The highest BCUT2D eigenvalue weighted by atomic mass is 35.5. The van der Waals surface area contributed by atoms with E-state index in [9.17, 15) is 0 Å². The molecule has 2 rings (SSSR count). The van der Waals surface area contributed by atoms with Gasteiger partial charge in [0, 0.05) is 6.54 Å². The van der Waals surface area contributed by atoms with Gasteiger partial charge in [0.2, 0.25) is 0 Å². The summed E-state index contributed by atoms with van der Waals surface area (Å²) in [5.74, 6) is 1.17. The molecule has 1 saturated carbocycles. The number of anilines is 1. The maximum atomic E-state index is 6.06. The molecule has 1 aromatic heterocycles. The summed E-state index contributed by atoms with van der Waals surface area (Å²) in [6.45, 7) is 2.63. The molecule has 0 aromatic carbocycles. The summed E-state index contributed by atoms with van der Waals surface area (Å²) in [5.41, 5.74) is 5.67. The molecule has 1 aliphatic carbocycles. The van der Waals surface area contributed by atoms with Crippen LogP contribution in [-0.2, 0) is 0 Å². The van der Waals surface area contributed by atoms with Crippen LogP contribution in [0.1, 0.15) is 19.8 Å². The molecule has 0 spiro atoms. The Balaban J connectivity index is 2.21. The van der Waals surface area contributed by atoms with Gasteiger partial charge in [0.25, 0.3) is 0 Å². The summed E-state index contributed by atoms with van der Waals surface area (Å²) in [6.07, 6.45) is 3.92. The SMILES string of the molecule is COc1ncc(Cl)c(NC(C)(CN)C2CC2)n1. The minimum Gasteiger partial charge on any atom is -0.467 e. The van der Waals surface area contributed by atoms with E-state index >= 15 is 0 Å². The molecule has 1 heterocycles. The quantitative estimate of drug-likeness (QED) is 0.839. The zero-order chi connectivity index (χ0) is 12.5. The number of aromatic nitrogens is 2. The second-order valence-corrected chi connectivity index (χ2v) is 4.98. The number of rotatable bonds is 5. The Hall–Kier alpha value is -1.07. The van der Waals surface area contributed by atoms with Gasteiger partial charge in [0.05, 0.1) is 18.8 Å². The molecule has 0 saturated heterocycles. The summed E-state index contributed by atoms with van der Waals surface area (Å²) in [4.78, 5) is 8.14. The van der Waals surface area contributed by atoms with Gasteiger partial charge in [-0.05, 0) is 25.7 Å². The van der Waals surface area contributed by atoms with Gasteiger partial charge in [-0.15, -0.1) is 0 Å². The predicted octanol–water partition coefficient (Wildman–Crippen LogP) is 1.68. The number of halogens is 1. The molecule has 94 valence electrons. The normalized spacial score (nSPS) is 18.6. The third kappa shape index (κ3) is 2.61. The summed E-state index contributed by atoms with van der Waals surface area (Å²) >= 11 is 6.06. The van der Waals surface area contributed by atoms with Crippen LogP contribution in [0.2, 0.25) is 5.02 Å². The van der Waals surface area contributed by atoms with E-state index in [1.807, 2.05) is 0 Å². The van der Waals surface area contributed by atoms with E-state index in [1.165, 1.54) is 26.1 Å². The van der Waals surface area contributed by atoms with Gasteiger partial charge in [0.1, 0.15) is 5.02 Å². The van der Waals surface area contributed by atoms with Crippen molar-refractivity contribution >= 4 is 17.4 Å². The van der Waals surface area contributed by atoms with Crippen LogP contribution in [0.3, 0.4) is 0 Å². The number of methoxy groups -OCH3 is 1. The Morgan fingerprint density at radius 2 is 2.35 bits per heavy atom. The molecule has 1 aliphatic rings. The third-order valence-electron chi connectivity index (χ3n) is 3.21. The van der Waals surface area contributed by atoms with E-state index in [0.717, 1.165) is 0 Å². The first-order valence-electron chi connectivity index (χ1n) is 5.64. The zero-order valence-electron chi connectivity index (χ0n) is 10.0. The molecule has 1 atom stereocenters. The predicted molar refractivity (Wildman–Crippen MR) is 67.4 cm³/mol. The third-order valence-corrected chi connectivity index (χ3v) is 3.49. The first-order chi connectivity index (χ1) is 8.09. The van der Waals surface area contributed by atoms with Crippen molar-refractivity contribution in [3.63, 3.8) is 0 Å². The minimum atomic E-state index is -0.164. The Bertz CT molecular complexity index is 410. The van der Waals surface area contributed by atoms with E-state index in [4.69, 9.17) is 22.1 Å². The summed E-state index contributed by atoms with van der Waals surface area (Å²) in [7, 11) is 1.52. The number of nitrogens with zero attached hydrogens (tertiary/aromatic N) is 2. The minimum absolute atomic E-state index is 0.164. The standard InChI is InChI=1S/C11H17ClN4O/c1-11(6-13,7-3-4-7)16-9-8(12)5-14-10(15-9)17-2/h5,7H,3-4,6,13H2,1-2H3,(H,14,15,16). The summed E-state index contributed by atoms with van der Waals surface area (Å²) in [6, 6.07) is 0.298. The fourth-order valence-corrected chi connectivity index (χ4v) is 1.99. The van der Waals surface area contributed by atoms with Crippen molar-refractivity contribution in [1.29, 1.82) is 0 Å². The molecular weight excluding hydrogens is 240 g/mol. The van der Waals surface area contributed by atoms with Gasteiger partial charge in [-0.25, -0.2) is 4.98 Å². The fourth-order valence-electron chi connectivity index (χ4n) is 1.85. The lowest BCUT2D eigenvalue weighted by atomic mass is 9.96. The van der Waals surface area contributed by atoms with E-state index < -0.39 is 0 Å². The van der Waals surface area contributed by atoms with Crippen LogP contribution in [0.4, 0.5) is 5.82 Å². The Morgan fingerprint density at radius 1 is 1.65 bits per heavy atom. The number of nitrogens with two attached hydrogens (primary N) is 1. The van der Waals surface area contributed by atoms with E-state index in [-0.39, 0.29) is 5.54 Å². The van der Waals surface area contributed by atoms with E-state index in [0.29, 0.717) is 29.3 Å². The Labute approximate surface area is 106 Å². The van der Waals surface area contributed by atoms with E-state index in [1.54, 1.807) is 0 Å². The van der Waals surface area contributed by atoms with Crippen LogP contribution in [0.25, 0.3) is 0 Å². The average molecular weight is 257 g/mol. The fraction of sp³-hybridized carbons (Fsp3) is 0.636. The molecule has 1 aromatic rings. The van der Waals surface area contributed by atoms with Crippen LogP contribution in [0.5, 0.6) is 6.01 Å². The number of nitrogens with one attached hydrogen (secondary N) is 1. The summed E-state index contributed by atoms with van der Waals surface area (Å²) in [5, 5.41) is 3.80. The molecule has 1 fully saturated rings. The lowest BCUT2D eigenvalue weighted by Gasteiger charge is -2.30. The first kappa shape index (κ1) is 12.4. The lowest BCUT2D eigenvalue weighted by molar-refractivity contribution is 0.379. The molecule has 17 heavy (non-hydrogen) atoms. The smallest absolute Gasteiger partial charge is 0.318 e. The molecule has 0 radical (unpaired) electrons. The van der Waals surface area contributed by atoms with Crippen molar-refractivity contribution in [3.05, 3.63) is 11.2 Å². The highest BCUT2D eigenvalue weighted by molar-refractivity contribution is 6.32. The molecular formula is C11H17ClN4O. The maximum Gasteiger partial charge on any atom is 0.318 e. The largest absolute Gasteiger partial charge is 0.467 e. The molecule has 0 amide bonds. The topological polar surface area (TPSA) is 73.1 Å². The van der Waals surface area contributed by atoms with Crippen molar-refractivity contribution in [1.82, 2.24) is 9.97 Å². The van der Waals surface area contributed by atoms with Crippen LogP contribution in [0.15, 0.2) is 6.20 Å². The lowest BCUT2D eigenvalue weighted by Crippen LogP contribution is -2.45. The number of hydrogen-bond acceptors (Lipinski definition) is 5. The Kier molecular flexibility index (Phi) is 3.40. The van der Waals surface area contributed by atoms with Crippen LogP contribution >= 0.6 is 11.6 Å². The highest BCUT2D eigenvalue weighted by Crippen LogP contribution is 2.41. The number of hydrogen-bond donors (Lipinski definition) is 2. The van der Waals surface area contributed by atoms with Gasteiger partial charge in [-0.2, -0.15) is 4.98 Å². The van der Waals surface area contributed by atoms with Crippen molar-refractivity contribution in [2.24, 2.45) is 11.7 Å². The molecule has 1 unspecified atom stereocenters. The van der Waals surface area contributed by atoms with Crippen LogP contribution in [0, 0.1) is 5.92 Å². The average Bonchev–Trinajstić information content (AvgIpc) is 3.16. The second-order valence-electron chi connectivity index (χ2n) is 4.57. The van der Waals surface area contributed by atoms with Gasteiger partial charge >= 0.3 is 6.01 Å². The highest BCUT2D eigenvalue weighted by Gasteiger charge is 2.41. The molecule has 0 bridgehead atoms. The Morgan fingerprint density at radius 3 is 2.88 bits per heavy atom. The summed E-state index contributed by atoms with van der Waals surface area (Å²) < 4.78 is 4.98. The monoisotopic (exact) mass is 256 g/mol. The van der Waals surface area contributed by atoms with Gasteiger partial charge < -0.3 is 15.8 Å². The van der Waals surface area contributed by atoms with Gasteiger partial charge in [-0.1, -0.05) is 11.6 Å². The molecule has 6 heteroatoms. The van der Waals surface area contributed by atoms with Crippen molar-refractivity contribution in [2.75, 3.05) is 19.0 Å². The van der Waals surface area contributed by atoms with E-state index in [2.05, 4.69) is 22.2 Å². The maximum absolute atomic E-state index is 6.06. The first-order valence-corrected chi connectivity index (χ1v) is 6.01. The zero-order valence-corrected chi connectivity index (χ0v) is 10.8. The second kappa shape index (κ2) is 4.66. The van der Waals surface area contributed by atoms with Crippen molar-refractivity contribution in [2.45, 2.75) is 25.3 Å². The van der Waals surface area contributed by atoms with Crippen molar-refractivity contribution < 1.29 is 4.74 Å². The van der Waals surface area contributed by atoms with Crippen LogP contribution < -0.4 is 15.8 Å².